The quantitative estimate of drug-likeness (QED) is 0.921. The molecule has 22 heavy (non-hydrogen) atoms. The lowest BCUT2D eigenvalue weighted by Crippen LogP contribution is -2.09. The van der Waals surface area contributed by atoms with Crippen molar-refractivity contribution >= 4 is 5.97 Å². The molecule has 0 aliphatic carbocycles. The van der Waals surface area contributed by atoms with Gasteiger partial charge in [-0.05, 0) is 23.8 Å². The Morgan fingerprint density at radius 1 is 1.41 bits per heavy atom. The molecule has 0 saturated carbocycles. The van der Waals surface area contributed by atoms with Gasteiger partial charge in [0.2, 0.25) is 0 Å². The molecule has 0 fully saturated rings. The number of aromatic carboxylic acids is 1. The van der Waals surface area contributed by atoms with Crippen molar-refractivity contribution in [1.82, 2.24) is 9.78 Å². The number of carbonyl (C=O) groups is 1. The van der Waals surface area contributed by atoms with E-state index in [4.69, 9.17) is 9.84 Å². The summed E-state index contributed by atoms with van der Waals surface area (Å²) in [6, 6.07) is 2.71. The fourth-order valence-electron chi connectivity index (χ4n) is 1.97. The van der Waals surface area contributed by atoms with Gasteiger partial charge in [-0.3, -0.25) is 4.68 Å². The van der Waals surface area contributed by atoms with Gasteiger partial charge in [-0.1, -0.05) is 0 Å². The Morgan fingerprint density at radius 2 is 2.14 bits per heavy atom. The van der Waals surface area contributed by atoms with Crippen molar-refractivity contribution in [3.8, 4) is 11.1 Å². The van der Waals surface area contributed by atoms with Gasteiger partial charge in [0.25, 0.3) is 0 Å². The number of ether oxygens (including phenoxy) is 1. The molecule has 0 saturated heterocycles. The van der Waals surface area contributed by atoms with E-state index in [0.29, 0.717) is 13.2 Å². The van der Waals surface area contributed by atoms with Gasteiger partial charge in [0.15, 0.2) is 0 Å². The predicted octanol–water partition coefficient (Wildman–Crippen LogP) is 2.91. The first-order valence-corrected chi connectivity index (χ1v) is 6.29. The highest BCUT2D eigenvalue weighted by Crippen LogP contribution is 2.37. The van der Waals surface area contributed by atoms with Gasteiger partial charge in [0.1, 0.15) is 0 Å². The average Bonchev–Trinajstić information content (AvgIpc) is 2.92. The van der Waals surface area contributed by atoms with Crippen LogP contribution in [0.15, 0.2) is 30.6 Å². The molecular weight excluding hydrogens is 301 g/mol. The molecule has 0 radical (unpaired) electrons. The predicted molar refractivity (Wildman–Crippen MR) is 71.5 cm³/mol. The van der Waals surface area contributed by atoms with Crippen LogP contribution in [0.2, 0.25) is 0 Å². The van der Waals surface area contributed by atoms with Crippen LogP contribution < -0.4 is 0 Å². The van der Waals surface area contributed by atoms with Crippen molar-refractivity contribution in [2.75, 3.05) is 13.7 Å². The van der Waals surface area contributed by atoms with E-state index >= 15 is 0 Å². The molecule has 0 bridgehead atoms. The summed E-state index contributed by atoms with van der Waals surface area (Å²) < 4.78 is 45.6. The minimum absolute atomic E-state index is 0.200. The Labute approximate surface area is 123 Å². The van der Waals surface area contributed by atoms with E-state index in [-0.39, 0.29) is 16.7 Å². The van der Waals surface area contributed by atoms with E-state index in [1.54, 1.807) is 0 Å². The molecule has 1 aromatic carbocycles. The van der Waals surface area contributed by atoms with Crippen molar-refractivity contribution in [1.29, 1.82) is 0 Å². The van der Waals surface area contributed by atoms with Crippen LogP contribution >= 0.6 is 0 Å². The maximum Gasteiger partial charge on any atom is 0.417 e. The number of carboxylic acid groups (broad SMARTS) is 1. The monoisotopic (exact) mass is 314 g/mol. The normalized spacial score (nSPS) is 11.6. The van der Waals surface area contributed by atoms with Gasteiger partial charge in [0, 0.05) is 18.9 Å². The fourth-order valence-corrected chi connectivity index (χ4v) is 1.97. The van der Waals surface area contributed by atoms with Crippen LogP contribution in [0.25, 0.3) is 11.1 Å². The summed E-state index contributed by atoms with van der Waals surface area (Å²) in [6.07, 6.45) is -1.89. The molecule has 0 amide bonds. The van der Waals surface area contributed by atoms with Crippen molar-refractivity contribution < 1.29 is 27.8 Å². The highest BCUT2D eigenvalue weighted by atomic mass is 19.4. The summed E-state index contributed by atoms with van der Waals surface area (Å²) in [6.45, 7) is 0.749. The second kappa shape index (κ2) is 6.18. The number of nitrogens with zero attached hydrogens (tertiary/aromatic N) is 2. The topological polar surface area (TPSA) is 64.3 Å². The van der Waals surface area contributed by atoms with Gasteiger partial charge in [-0.25, -0.2) is 4.79 Å². The summed E-state index contributed by atoms with van der Waals surface area (Å²) in [5.41, 5.74) is -1.13. The Balaban J connectivity index is 2.48. The second-order valence-electron chi connectivity index (χ2n) is 4.55. The number of hydrogen-bond donors (Lipinski definition) is 1. The zero-order chi connectivity index (χ0) is 16.3. The molecular formula is C14H13F3N2O3. The van der Waals surface area contributed by atoms with E-state index in [0.717, 1.165) is 18.2 Å². The molecule has 5 nitrogen and oxygen atoms in total. The molecule has 0 aliphatic heterocycles. The third-order valence-corrected chi connectivity index (χ3v) is 3.04. The number of alkyl halides is 3. The molecule has 0 aliphatic rings. The van der Waals surface area contributed by atoms with Crippen LogP contribution in [-0.4, -0.2) is 34.6 Å². The smallest absolute Gasteiger partial charge is 0.417 e. The molecule has 1 aromatic heterocycles. The van der Waals surface area contributed by atoms with Crippen LogP contribution in [-0.2, 0) is 17.5 Å². The third kappa shape index (κ3) is 3.45. The maximum absolute atomic E-state index is 13.1. The van der Waals surface area contributed by atoms with E-state index in [9.17, 15) is 18.0 Å². The first-order valence-electron chi connectivity index (χ1n) is 6.29. The minimum atomic E-state index is -4.58. The number of hydrogen-bond acceptors (Lipinski definition) is 3. The number of rotatable bonds is 5. The zero-order valence-electron chi connectivity index (χ0n) is 11.6. The van der Waals surface area contributed by atoms with E-state index in [1.807, 2.05) is 0 Å². The highest BCUT2D eigenvalue weighted by Gasteiger charge is 2.34. The van der Waals surface area contributed by atoms with Crippen molar-refractivity contribution in [3.05, 3.63) is 41.7 Å². The molecule has 0 unspecified atom stereocenters. The van der Waals surface area contributed by atoms with Gasteiger partial charge in [-0.2, -0.15) is 18.3 Å². The van der Waals surface area contributed by atoms with Crippen LogP contribution in [0.4, 0.5) is 13.2 Å². The number of halogens is 3. The van der Waals surface area contributed by atoms with Crippen molar-refractivity contribution in [3.63, 3.8) is 0 Å². The molecule has 2 rings (SSSR count). The first-order chi connectivity index (χ1) is 10.3. The van der Waals surface area contributed by atoms with E-state index < -0.39 is 17.7 Å². The summed E-state index contributed by atoms with van der Waals surface area (Å²) in [7, 11) is 1.50. The van der Waals surface area contributed by atoms with Gasteiger partial charge in [0.05, 0.1) is 30.5 Å². The lowest BCUT2D eigenvalue weighted by Gasteiger charge is -2.12. The number of carboxylic acids is 1. The molecule has 1 heterocycles. The molecule has 118 valence electrons. The van der Waals surface area contributed by atoms with E-state index in [2.05, 4.69) is 5.10 Å². The highest BCUT2D eigenvalue weighted by molar-refractivity contribution is 5.90. The van der Waals surface area contributed by atoms with Crippen LogP contribution in [0.1, 0.15) is 15.9 Å². The molecule has 8 heteroatoms. The zero-order valence-corrected chi connectivity index (χ0v) is 11.6. The third-order valence-electron chi connectivity index (χ3n) is 3.04. The Kier molecular flexibility index (Phi) is 4.51. The number of aromatic nitrogens is 2. The summed E-state index contributed by atoms with van der Waals surface area (Å²) in [4.78, 5) is 11.0. The van der Waals surface area contributed by atoms with Crippen molar-refractivity contribution in [2.45, 2.75) is 12.7 Å². The Bertz CT molecular complexity index is 680. The summed E-state index contributed by atoms with van der Waals surface area (Å²) in [5.74, 6) is -1.29. The SMILES string of the molecule is COCCn1cc(-c2cc(C(=O)O)ccc2C(F)(F)F)cn1. The number of methoxy groups -OCH3 is 1. The average molecular weight is 314 g/mol. The van der Waals surface area contributed by atoms with Crippen LogP contribution in [0.3, 0.4) is 0 Å². The maximum atomic E-state index is 13.1. The molecule has 0 spiro atoms. The van der Waals surface area contributed by atoms with Crippen molar-refractivity contribution in [2.24, 2.45) is 0 Å². The molecule has 0 atom stereocenters. The summed E-state index contributed by atoms with van der Waals surface area (Å²) in [5, 5.41) is 12.9. The minimum Gasteiger partial charge on any atom is -0.478 e. The van der Waals surface area contributed by atoms with Gasteiger partial charge >= 0.3 is 12.1 Å². The van der Waals surface area contributed by atoms with Crippen LogP contribution in [0, 0.1) is 0 Å². The second-order valence-corrected chi connectivity index (χ2v) is 4.55. The lowest BCUT2D eigenvalue weighted by molar-refractivity contribution is -0.137. The van der Waals surface area contributed by atoms with Gasteiger partial charge in [-0.15, -0.1) is 0 Å². The van der Waals surface area contributed by atoms with Crippen LogP contribution in [0.5, 0.6) is 0 Å². The largest absolute Gasteiger partial charge is 0.478 e. The standard InChI is InChI=1S/C14H13F3N2O3/c1-22-5-4-19-8-10(7-18-19)11-6-9(13(20)21)2-3-12(11)14(15,16)17/h2-3,6-8H,4-5H2,1H3,(H,20,21). The Morgan fingerprint density at radius 3 is 2.73 bits per heavy atom. The summed E-state index contributed by atoms with van der Waals surface area (Å²) >= 11 is 0. The first kappa shape index (κ1) is 16.0. The van der Waals surface area contributed by atoms with E-state index in [1.165, 1.54) is 24.2 Å². The molecule has 2 aromatic rings. The Hall–Kier alpha value is -2.35. The lowest BCUT2D eigenvalue weighted by atomic mass is 9.99. The fraction of sp³-hybridized carbons (Fsp3) is 0.286. The number of benzene rings is 1. The van der Waals surface area contributed by atoms with Gasteiger partial charge < -0.3 is 9.84 Å². The molecule has 1 N–H and O–H groups in total.